The fourth-order valence-electron chi connectivity index (χ4n) is 0.952. The molecule has 0 saturated carbocycles. The number of nitrogens with zero attached hydrogens (tertiary/aromatic N) is 2. The summed E-state index contributed by atoms with van der Waals surface area (Å²) >= 11 is 0. The van der Waals surface area contributed by atoms with Crippen molar-refractivity contribution in [2.45, 2.75) is 33.4 Å². The van der Waals surface area contributed by atoms with Gasteiger partial charge in [-0.1, -0.05) is 25.9 Å². The van der Waals surface area contributed by atoms with Gasteiger partial charge in [-0.15, -0.1) is 0 Å². The summed E-state index contributed by atoms with van der Waals surface area (Å²) in [7, 11) is 1.58. The molecular formula is C9H17N3O2. The van der Waals surface area contributed by atoms with Crippen LogP contribution >= 0.6 is 0 Å². The summed E-state index contributed by atoms with van der Waals surface area (Å²) in [5.41, 5.74) is 5.86. The molecule has 1 unspecified atom stereocenters. The molecule has 0 bridgehead atoms. The predicted octanol–water partition coefficient (Wildman–Crippen LogP) is 1.26. The zero-order valence-corrected chi connectivity index (χ0v) is 9.07. The smallest absolute Gasteiger partial charge is 0.244 e. The lowest BCUT2D eigenvalue weighted by Crippen LogP contribution is -2.26. The van der Waals surface area contributed by atoms with Crippen LogP contribution in [0.2, 0.25) is 0 Å². The Labute approximate surface area is 83.6 Å². The maximum absolute atomic E-state index is 5.94. The van der Waals surface area contributed by atoms with Gasteiger partial charge in [-0.25, -0.2) is 0 Å². The fraction of sp³-hybridized carbons (Fsp3) is 0.778. The van der Waals surface area contributed by atoms with Gasteiger partial charge in [0.15, 0.2) is 5.82 Å². The number of hydrogen-bond acceptors (Lipinski definition) is 5. The van der Waals surface area contributed by atoms with Crippen LogP contribution < -0.4 is 5.73 Å². The lowest BCUT2D eigenvalue weighted by Gasteiger charge is -2.23. The molecule has 1 aromatic heterocycles. The summed E-state index contributed by atoms with van der Waals surface area (Å²) < 4.78 is 9.92. The highest BCUT2D eigenvalue weighted by molar-refractivity contribution is 4.95. The molecule has 0 aliphatic heterocycles. The van der Waals surface area contributed by atoms with E-state index in [1.807, 2.05) is 20.8 Å². The highest BCUT2D eigenvalue weighted by atomic mass is 16.5. The third-order valence-corrected chi connectivity index (χ3v) is 1.96. The third kappa shape index (κ3) is 2.52. The van der Waals surface area contributed by atoms with Crippen LogP contribution in [0, 0.1) is 5.41 Å². The zero-order valence-electron chi connectivity index (χ0n) is 9.07. The van der Waals surface area contributed by atoms with Crippen LogP contribution in [0.5, 0.6) is 0 Å². The van der Waals surface area contributed by atoms with Gasteiger partial charge in [0.25, 0.3) is 0 Å². The molecule has 1 aromatic rings. The predicted molar refractivity (Wildman–Crippen MR) is 51.4 cm³/mol. The lowest BCUT2D eigenvalue weighted by molar-refractivity contribution is 0.174. The Morgan fingerprint density at radius 2 is 2.14 bits per heavy atom. The molecule has 0 saturated heterocycles. The molecule has 5 nitrogen and oxygen atoms in total. The molecule has 1 heterocycles. The monoisotopic (exact) mass is 199 g/mol. The van der Waals surface area contributed by atoms with Crippen molar-refractivity contribution < 1.29 is 9.26 Å². The van der Waals surface area contributed by atoms with E-state index in [0.29, 0.717) is 18.3 Å². The average molecular weight is 199 g/mol. The Morgan fingerprint density at radius 1 is 1.50 bits per heavy atom. The van der Waals surface area contributed by atoms with Crippen molar-refractivity contribution in [3.8, 4) is 0 Å². The van der Waals surface area contributed by atoms with Crippen LogP contribution in [0.15, 0.2) is 4.52 Å². The first kappa shape index (κ1) is 11.1. The molecule has 0 spiro atoms. The van der Waals surface area contributed by atoms with Crippen molar-refractivity contribution >= 4 is 0 Å². The Bertz CT molecular complexity index is 290. The first-order valence-electron chi connectivity index (χ1n) is 4.52. The van der Waals surface area contributed by atoms with E-state index in [1.165, 1.54) is 0 Å². The summed E-state index contributed by atoms with van der Waals surface area (Å²) in [4.78, 5) is 4.14. The van der Waals surface area contributed by atoms with E-state index in [0.717, 1.165) is 0 Å². The van der Waals surface area contributed by atoms with Crippen LogP contribution in [0.4, 0.5) is 0 Å². The van der Waals surface area contributed by atoms with Gasteiger partial charge in [0.1, 0.15) is 6.61 Å². The van der Waals surface area contributed by atoms with E-state index in [1.54, 1.807) is 7.11 Å². The summed E-state index contributed by atoms with van der Waals surface area (Å²) in [6.45, 7) is 6.42. The van der Waals surface area contributed by atoms with Gasteiger partial charge in [-0.2, -0.15) is 4.98 Å². The van der Waals surface area contributed by atoms with Gasteiger partial charge in [0, 0.05) is 7.11 Å². The summed E-state index contributed by atoms with van der Waals surface area (Å²) in [6.07, 6.45) is 0. The quantitative estimate of drug-likeness (QED) is 0.793. The summed E-state index contributed by atoms with van der Waals surface area (Å²) in [5.74, 6) is 0.992. The third-order valence-electron chi connectivity index (χ3n) is 1.96. The topological polar surface area (TPSA) is 74.2 Å². The molecule has 0 aromatic carbocycles. The minimum absolute atomic E-state index is 0.0864. The Morgan fingerprint density at radius 3 is 2.64 bits per heavy atom. The van der Waals surface area contributed by atoms with Crippen molar-refractivity contribution in [3.63, 3.8) is 0 Å². The molecule has 2 N–H and O–H groups in total. The van der Waals surface area contributed by atoms with Gasteiger partial charge >= 0.3 is 0 Å². The standard InChI is InChI=1S/C9H17N3O2/c1-9(2,3)7(10)8-11-6(5-13-4)12-14-8/h7H,5,10H2,1-4H3. The molecule has 80 valence electrons. The maximum Gasteiger partial charge on any atom is 0.244 e. The Kier molecular flexibility index (Phi) is 3.23. The first-order chi connectivity index (χ1) is 6.45. The second-order valence-electron chi connectivity index (χ2n) is 4.33. The van der Waals surface area contributed by atoms with E-state index < -0.39 is 0 Å². The highest BCUT2D eigenvalue weighted by Gasteiger charge is 2.27. The van der Waals surface area contributed by atoms with Crippen molar-refractivity contribution in [3.05, 3.63) is 11.7 Å². The van der Waals surface area contributed by atoms with E-state index >= 15 is 0 Å². The van der Waals surface area contributed by atoms with Gasteiger partial charge in [0.05, 0.1) is 6.04 Å². The molecule has 0 amide bonds. The molecular weight excluding hydrogens is 182 g/mol. The van der Waals surface area contributed by atoms with Crippen molar-refractivity contribution in [2.75, 3.05) is 7.11 Å². The summed E-state index contributed by atoms with van der Waals surface area (Å²) in [5, 5.41) is 3.75. The van der Waals surface area contributed by atoms with Crippen molar-refractivity contribution in [1.82, 2.24) is 10.1 Å². The first-order valence-corrected chi connectivity index (χ1v) is 4.52. The minimum atomic E-state index is -0.249. The molecule has 5 heteroatoms. The largest absolute Gasteiger partial charge is 0.377 e. The SMILES string of the molecule is COCc1noc(C(N)C(C)(C)C)n1. The second kappa shape index (κ2) is 4.06. The van der Waals surface area contributed by atoms with Crippen LogP contribution in [-0.2, 0) is 11.3 Å². The molecule has 1 rings (SSSR count). The van der Waals surface area contributed by atoms with Crippen LogP contribution in [-0.4, -0.2) is 17.3 Å². The Hall–Kier alpha value is -0.940. The molecule has 0 radical (unpaired) electrons. The minimum Gasteiger partial charge on any atom is -0.377 e. The number of methoxy groups -OCH3 is 1. The number of ether oxygens (including phenoxy) is 1. The Balaban J connectivity index is 2.76. The van der Waals surface area contributed by atoms with E-state index in [-0.39, 0.29) is 11.5 Å². The molecule has 0 aliphatic carbocycles. The van der Waals surface area contributed by atoms with Gasteiger partial charge in [0.2, 0.25) is 5.89 Å². The molecule has 0 aliphatic rings. The number of aromatic nitrogens is 2. The molecule has 14 heavy (non-hydrogen) atoms. The van der Waals surface area contributed by atoms with Crippen LogP contribution in [0.3, 0.4) is 0 Å². The maximum atomic E-state index is 5.94. The van der Waals surface area contributed by atoms with Crippen LogP contribution in [0.1, 0.15) is 38.5 Å². The van der Waals surface area contributed by atoms with Gasteiger partial charge < -0.3 is 15.0 Å². The number of hydrogen-bond donors (Lipinski definition) is 1. The zero-order chi connectivity index (χ0) is 10.8. The van der Waals surface area contributed by atoms with Crippen molar-refractivity contribution in [2.24, 2.45) is 11.1 Å². The van der Waals surface area contributed by atoms with Crippen LogP contribution in [0.25, 0.3) is 0 Å². The highest BCUT2D eigenvalue weighted by Crippen LogP contribution is 2.29. The molecule has 1 atom stereocenters. The van der Waals surface area contributed by atoms with Gasteiger partial charge in [-0.3, -0.25) is 0 Å². The van der Waals surface area contributed by atoms with E-state index in [4.69, 9.17) is 15.0 Å². The average Bonchev–Trinajstić information content (AvgIpc) is 2.50. The van der Waals surface area contributed by atoms with Crippen molar-refractivity contribution in [1.29, 1.82) is 0 Å². The number of nitrogens with two attached hydrogens (primary N) is 1. The normalized spacial score (nSPS) is 14.4. The lowest BCUT2D eigenvalue weighted by atomic mass is 9.87. The van der Waals surface area contributed by atoms with E-state index in [2.05, 4.69) is 10.1 Å². The molecule has 0 fully saturated rings. The van der Waals surface area contributed by atoms with Gasteiger partial charge in [-0.05, 0) is 5.41 Å². The number of rotatable bonds is 3. The second-order valence-corrected chi connectivity index (χ2v) is 4.33. The summed E-state index contributed by atoms with van der Waals surface area (Å²) in [6, 6.07) is -0.249. The van der Waals surface area contributed by atoms with E-state index in [9.17, 15) is 0 Å². The fourth-order valence-corrected chi connectivity index (χ4v) is 0.952.